The molecule has 0 aromatic carbocycles. The summed E-state index contributed by atoms with van der Waals surface area (Å²) < 4.78 is 10.5. The third-order valence-electron chi connectivity index (χ3n) is 3.07. The fraction of sp³-hybridized carbons (Fsp3) is 0.923. The van der Waals surface area contributed by atoms with Crippen LogP contribution in [0.2, 0.25) is 0 Å². The Morgan fingerprint density at radius 3 is 1.48 bits per heavy atom. The summed E-state index contributed by atoms with van der Waals surface area (Å²) in [6.45, 7) is 0. The first-order valence-electron chi connectivity index (χ1n) is 7.14. The largest absolute Gasteiger partial charge is 1.00 e. The molecular formula is C13H25K2O5P. The Balaban J connectivity index is -0.00000162. The first-order chi connectivity index (χ1) is 8.92. The Bertz CT molecular complexity index is 284. The third kappa shape index (κ3) is 28.0. The number of hydrogen-bond donors (Lipinski definition) is 1. The maximum atomic E-state index is 10.5. The number of hydrogen-bond acceptors (Lipinski definition) is 4. The summed E-state index contributed by atoms with van der Waals surface area (Å²) in [6, 6.07) is 0. The molecule has 0 aliphatic heterocycles. The predicted molar refractivity (Wildman–Crippen MR) is 70.5 cm³/mol. The van der Waals surface area contributed by atoms with Crippen LogP contribution >= 0.6 is 7.60 Å². The molecule has 0 saturated carbocycles. The van der Waals surface area contributed by atoms with E-state index in [-0.39, 0.29) is 115 Å². The number of carboxylic acid groups (broad SMARTS) is 1. The second-order valence-corrected chi connectivity index (χ2v) is 6.74. The Hall–Kier alpha value is 2.89. The molecule has 0 radical (unpaired) electrons. The molecule has 1 atom stereocenters. The van der Waals surface area contributed by atoms with Gasteiger partial charge in [-0.25, -0.2) is 0 Å². The summed E-state index contributed by atoms with van der Waals surface area (Å²) in [7, 11) is -4.05. The van der Waals surface area contributed by atoms with Crippen LogP contribution in [-0.4, -0.2) is 17.0 Å². The summed E-state index contributed by atoms with van der Waals surface area (Å²) in [5, 5.41) is 10.2. The van der Waals surface area contributed by atoms with Gasteiger partial charge in [0, 0.05) is 12.1 Å². The quantitative estimate of drug-likeness (QED) is 0.200. The molecule has 0 fully saturated rings. The van der Waals surface area contributed by atoms with Crippen LogP contribution in [0, 0.1) is 0 Å². The Morgan fingerprint density at radius 1 is 0.810 bits per heavy atom. The van der Waals surface area contributed by atoms with E-state index in [2.05, 4.69) is 0 Å². The topological polar surface area (TPSA) is 100 Å². The van der Waals surface area contributed by atoms with E-state index in [4.69, 9.17) is 4.89 Å². The standard InChI is InChI=1S/C13H27O5P.2K/c14-13(15)11-9-7-5-3-1-2-4-6-8-10-12-19(16,17)18;;/h1-12H2,(H,14,15)(H2,16,17,18);;/q;2*+1/p-2. The van der Waals surface area contributed by atoms with Gasteiger partial charge in [0.2, 0.25) is 0 Å². The molecule has 0 aromatic heterocycles. The summed E-state index contributed by atoms with van der Waals surface area (Å²) >= 11 is 0. The zero-order valence-electron chi connectivity index (χ0n) is 13.5. The minimum atomic E-state index is -4.05. The number of rotatable bonds is 13. The summed E-state index contributed by atoms with van der Waals surface area (Å²) in [6.07, 6.45) is 9.66. The normalized spacial score (nSPS) is 12.9. The fourth-order valence-electron chi connectivity index (χ4n) is 2.00. The van der Waals surface area contributed by atoms with Crippen molar-refractivity contribution < 1.29 is 127 Å². The number of carbonyl (C=O) groups excluding carboxylic acids is 1. The smallest absolute Gasteiger partial charge is 0.779 e. The molecule has 21 heavy (non-hydrogen) atoms. The SMILES string of the molecule is O=C([O-])CCCCCCCCCCCCP(=O)([O-])O.[K+].[K+]. The van der Waals surface area contributed by atoms with Gasteiger partial charge < -0.3 is 24.3 Å². The number of carboxylic acids is 1. The summed E-state index contributed by atoms with van der Waals surface area (Å²) in [5.74, 6) is -0.967. The van der Waals surface area contributed by atoms with Gasteiger partial charge in [-0.15, -0.1) is 0 Å². The predicted octanol–water partition coefficient (Wildman–Crippen LogP) is -4.42. The van der Waals surface area contributed by atoms with Crippen molar-refractivity contribution in [2.45, 2.75) is 70.6 Å². The molecule has 1 unspecified atom stereocenters. The van der Waals surface area contributed by atoms with Crippen molar-refractivity contribution in [3.8, 4) is 0 Å². The molecule has 114 valence electrons. The average Bonchev–Trinajstić information content (AvgIpc) is 2.28. The van der Waals surface area contributed by atoms with Crippen molar-refractivity contribution >= 4 is 13.6 Å². The molecule has 0 aliphatic carbocycles. The van der Waals surface area contributed by atoms with E-state index in [1.54, 1.807) is 0 Å². The van der Waals surface area contributed by atoms with E-state index in [0.717, 1.165) is 51.4 Å². The Morgan fingerprint density at radius 2 is 1.14 bits per heavy atom. The van der Waals surface area contributed by atoms with Crippen molar-refractivity contribution in [3.63, 3.8) is 0 Å². The van der Waals surface area contributed by atoms with E-state index < -0.39 is 13.6 Å². The van der Waals surface area contributed by atoms with E-state index >= 15 is 0 Å². The molecule has 1 N–H and O–H groups in total. The number of aliphatic carboxylic acids is 1. The van der Waals surface area contributed by atoms with Crippen molar-refractivity contribution in [2.24, 2.45) is 0 Å². The van der Waals surface area contributed by atoms with Crippen LogP contribution in [0.1, 0.15) is 70.6 Å². The maximum Gasteiger partial charge on any atom is 1.00 e. The van der Waals surface area contributed by atoms with Gasteiger partial charge in [0.15, 0.2) is 0 Å². The Labute approximate surface area is 213 Å². The molecule has 0 bridgehead atoms. The zero-order valence-corrected chi connectivity index (χ0v) is 20.7. The zero-order chi connectivity index (χ0) is 14.6. The minimum Gasteiger partial charge on any atom is -0.779 e. The van der Waals surface area contributed by atoms with E-state index in [9.17, 15) is 19.4 Å². The number of carbonyl (C=O) groups is 1. The van der Waals surface area contributed by atoms with Crippen LogP contribution in [0.4, 0.5) is 0 Å². The van der Waals surface area contributed by atoms with Crippen LogP contribution in [0.15, 0.2) is 0 Å². The van der Waals surface area contributed by atoms with Gasteiger partial charge >= 0.3 is 103 Å². The van der Waals surface area contributed by atoms with Gasteiger partial charge in [0.1, 0.15) is 7.60 Å². The summed E-state index contributed by atoms with van der Waals surface area (Å²) in [4.78, 5) is 29.2. The van der Waals surface area contributed by atoms with Crippen LogP contribution in [0.25, 0.3) is 0 Å². The fourth-order valence-corrected chi connectivity index (χ4v) is 2.62. The molecule has 8 heteroatoms. The van der Waals surface area contributed by atoms with Gasteiger partial charge in [-0.05, 0) is 19.3 Å². The Kier molecular flexibility index (Phi) is 26.3. The van der Waals surface area contributed by atoms with Gasteiger partial charge in [-0.2, -0.15) is 0 Å². The molecule has 5 nitrogen and oxygen atoms in total. The van der Waals surface area contributed by atoms with Crippen LogP contribution < -0.4 is 113 Å². The second kappa shape index (κ2) is 19.2. The molecule has 0 saturated heterocycles. The molecule has 0 aromatic rings. The molecule has 0 rings (SSSR count). The van der Waals surface area contributed by atoms with Crippen LogP contribution in [0.5, 0.6) is 0 Å². The minimum absolute atomic E-state index is 0. The van der Waals surface area contributed by atoms with E-state index in [1.165, 1.54) is 0 Å². The van der Waals surface area contributed by atoms with Crippen molar-refractivity contribution in [2.75, 3.05) is 6.16 Å². The molecule has 0 heterocycles. The molecule has 0 aliphatic rings. The molecular weight excluding hydrogens is 345 g/mol. The summed E-state index contributed by atoms with van der Waals surface area (Å²) in [5.41, 5.74) is 0. The first-order valence-corrected chi connectivity index (χ1v) is 8.91. The number of unbranched alkanes of at least 4 members (excludes halogenated alkanes) is 9. The van der Waals surface area contributed by atoms with Crippen molar-refractivity contribution in [1.29, 1.82) is 0 Å². The van der Waals surface area contributed by atoms with Gasteiger partial charge in [0.05, 0.1) is 0 Å². The second-order valence-electron chi connectivity index (χ2n) is 5.02. The average molecular weight is 371 g/mol. The van der Waals surface area contributed by atoms with Crippen molar-refractivity contribution in [1.82, 2.24) is 0 Å². The van der Waals surface area contributed by atoms with Crippen LogP contribution in [0.3, 0.4) is 0 Å². The van der Waals surface area contributed by atoms with Gasteiger partial charge in [-0.3, -0.25) is 0 Å². The van der Waals surface area contributed by atoms with Crippen LogP contribution in [-0.2, 0) is 9.36 Å². The van der Waals surface area contributed by atoms with Gasteiger partial charge in [-0.1, -0.05) is 51.4 Å². The third-order valence-corrected chi connectivity index (χ3v) is 3.95. The van der Waals surface area contributed by atoms with Gasteiger partial charge in [0.25, 0.3) is 0 Å². The van der Waals surface area contributed by atoms with E-state index in [1.807, 2.05) is 0 Å². The molecule has 0 amide bonds. The van der Waals surface area contributed by atoms with Crippen molar-refractivity contribution in [3.05, 3.63) is 0 Å². The maximum absolute atomic E-state index is 10.5. The first kappa shape index (κ1) is 28.7. The monoisotopic (exact) mass is 370 g/mol. The van der Waals surface area contributed by atoms with E-state index in [0.29, 0.717) is 12.8 Å². The molecule has 0 spiro atoms.